The quantitative estimate of drug-likeness (QED) is 0.486. The lowest BCUT2D eigenvalue weighted by Crippen LogP contribution is -2.24. The lowest BCUT2D eigenvalue weighted by atomic mass is 10.7. The van der Waals surface area contributed by atoms with Crippen molar-refractivity contribution >= 4 is 21.6 Å². The Morgan fingerprint density at radius 3 is 2.56 bits per heavy atom. The topological polar surface area (TPSA) is 46.2 Å². The van der Waals surface area contributed by atoms with E-state index in [1.54, 1.807) is 0 Å². The zero-order chi connectivity index (χ0) is 7.33. The first-order valence-corrected chi connectivity index (χ1v) is 4.45. The lowest BCUT2D eigenvalue weighted by Gasteiger charge is -1.96. The molecule has 0 aliphatic heterocycles. The number of halogens is 1. The molecule has 0 rings (SSSR count). The van der Waals surface area contributed by atoms with Crippen LogP contribution in [-0.2, 0) is 10.0 Å². The minimum Gasteiger partial charge on any atom is -0.211 e. The molecule has 5 heteroatoms. The van der Waals surface area contributed by atoms with Crippen LogP contribution >= 0.6 is 11.6 Å². The third kappa shape index (κ3) is 4.44. The highest BCUT2D eigenvalue weighted by molar-refractivity contribution is 7.90. The number of hydrogen-bond donors (Lipinski definition) is 1. The summed E-state index contributed by atoms with van der Waals surface area (Å²) in [7, 11) is -3.24. The molecule has 0 bridgehead atoms. The van der Waals surface area contributed by atoms with E-state index in [2.05, 4.69) is 11.3 Å². The number of rotatable bonds is 4. The summed E-state index contributed by atoms with van der Waals surface area (Å²) >= 11 is 5.04. The van der Waals surface area contributed by atoms with Gasteiger partial charge in [0.15, 0.2) is 0 Å². The minimum atomic E-state index is -3.24. The molecule has 54 valence electrons. The van der Waals surface area contributed by atoms with Crippen LogP contribution in [0.25, 0.3) is 0 Å². The SMILES string of the molecule is C=CCNS(=O)(=O)CCl. The second-order valence-corrected chi connectivity index (χ2v) is 3.75. The molecule has 0 saturated heterocycles. The number of alkyl halides is 1. The summed E-state index contributed by atoms with van der Waals surface area (Å²) in [4.78, 5) is 0. The fourth-order valence-electron chi connectivity index (χ4n) is 0.224. The van der Waals surface area contributed by atoms with Crippen molar-refractivity contribution in [3.63, 3.8) is 0 Å². The molecule has 0 aromatic carbocycles. The van der Waals surface area contributed by atoms with Gasteiger partial charge in [-0.15, -0.1) is 18.2 Å². The summed E-state index contributed by atoms with van der Waals surface area (Å²) in [5.74, 6) is 0. The van der Waals surface area contributed by atoms with Gasteiger partial charge in [0.25, 0.3) is 0 Å². The van der Waals surface area contributed by atoms with Crippen LogP contribution in [0.2, 0.25) is 0 Å². The largest absolute Gasteiger partial charge is 0.225 e. The highest BCUT2D eigenvalue weighted by Crippen LogP contribution is 1.85. The molecule has 0 aliphatic rings. The van der Waals surface area contributed by atoms with Gasteiger partial charge in [0.1, 0.15) is 5.21 Å². The van der Waals surface area contributed by atoms with E-state index in [4.69, 9.17) is 11.6 Å². The molecular formula is C4H8ClNO2S. The molecule has 0 unspecified atom stereocenters. The van der Waals surface area contributed by atoms with Crippen molar-refractivity contribution in [2.75, 3.05) is 11.8 Å². The number of sulfonamides is 1. The van der Waals surface area contributed by atoms with Gasteiger partial charge in [-0.05, 0) is 0 Å². The minimum absolute atomic E-state index is 0.231. The number of hydrogen-bond acceptors (Lipinski definition) is 2. The zero-order valence-corrected chi connectivity index (χ0v) is 6.37. The van der Waals surface area contributed by atoms with Crippen LogP contribution in [0.5, 0.6) is 0 Å². The van der Waals surface area contributed by atoms with E-state index in [-0.39, 0.29) is 6.54 Å². The normalized spacial score (nSPS) is 11.2. The Balaban J connectivity index is 3.74. The summed E-state index contributed by atoms with van der Waals surface area (Å²) in [5.41, 5.74) is 0. The Labute approximate surface area is 59.8 Å². The van der Waals surface area contributed by atoms with Crippen molar-refractivity contribution in [2.45, 2.75) is 0 Å². The molecule has 0 atom stereocenters. The molecule has 0 aliphatic carbocycles. The summed E-state index contributed by atoms with van der Waals surface area (Å²) in [5, 5.41) is -0.402. The van der Waals surface area contributed by atoms with Crippen LogP contribution in [0.15, 0.2) is 12.7 Å². The average Bonchev–Trinajstić information content (AvgIpc) is 1.84. The first kappa shape index (κ1) is 8.94. The van der Waals surface area contributed by atoms with Crippen molar-refractivity contribution < 1.29 is 8.42 Å². The van der Waals surface area contributed by atoms with Crippen molar-refractivity contribution in [3.8, 4) is 0 Å². The Hall–Kier alpha value is -0.0600. The first-order valence-electron chi connectivity index (χ1n) is 2.26. The van der Waals surface area contributed by atoms with Crippen molar-refractivity contribution in [2.24, 2.45) is 0 Å². The summed E-state index contributed by atoms with van der Waals surface area (Å²) < 4.78 is 23.1. The molecule has 9 heavy (non-hydrogen) atoms. The number of nitrogens with one attached hydrogen (secondary N) is 1. The molecule has 0 radical (unpaired) electrons. The van der Waals surface area contributed by atoms with E-state index in [9.17, 15) is 8.42 Å². The molecule has 0 saturated carbocycles. The van der Waals surface area contributed by atoms with E-state index in [1.165, 1.54) is 6.08 Å². The smallest absolute Gasteiger partial charge is 0.211 e. The molecule has 0 aromatic rings. The molecule has 0 spiro atoms. The third-order valence-corrected chi connectivity index (χ3v) is 2.35. The molecule has 0 aromatic heterocycles. The fourth-order valence-corrected chi connectivity index (χ4v) is 0.905. The van der Waals surface area contributed by atoms with Gasteiger partial charge >= 0.3 is 0 Å². The van der Waals surface area contributed by atoms with Gasteiger partial charge in [0.2, 0.25) is 10.0 Å². The summed E-state index contributed by atoms with van der Waals surface area (Å²) in [6.07, 6.45) is 1.45. The molecule has 3 nitrogen and oxygen atoms in total. The molecule has 1 N–H and O–H groups in total. The van der Waals surface area contributed by atoms with Crippen molar-refractivity contribution in [1.82, 2.24) is 4.72 Å². The van der Waals surface area contributed by atoms with Crippen LogP contribution in [-0.4, -0.2) is 20.2 Å². The van der Waals surface area contributed by atoms with E-state index in [0.29, 0.717) is 0 Å². The maximum atomic E-state index is 10.5. The Morgan fingerprint density at radius 1 is 1.67 bits per heavy atom. The van der Waals surface area contributed by atoms with Crippen molar-refractivity contribution in [3.05, 3.63) is 12.7 Å². The Bertz CT molecular complexity index is 175. The predicted octanol–water partition coefficient (Wildman–Crippen LogP) is 0.288. The molecule has 0 heterocycles. The summed E-state index contributed by atoms with van der Waals surface area (Å²) in [6.45, 7) is 3.56. The standard InChI is InChI=1S/C4H8ClNO2S/c1-2-3-6-9(7,8)4-5/h2,6H,1,3-4H2. The van der Waals surface area contributed by atoms with Crippen LogP contribution < -0.4 is 4.72 Å². The highest BCUT2D eigenvalue weighted by atomic mass is 35.5. The van der Waals surface area contributed by atoms with E-state index in [1.807, 2.05) is 0 Å². The monoisotopic (exact) mass is 169 g/mol. The first-order chi connectivity index (χ1) is 4.12. The second-order valence-electron chi connectivity index (χ2n) is 1.36. The van der Waals surface area contributed by atoms with Gasteiger partial charge in [-0.2, -0.15) is 0 Å². The Morgan fingerprint density at radius 2 is 2.22 bits per heavy atom. The summed E-state index contributed by atoms with van der Waals surface area (Å²) in [6, 6.07) is 0. The molecule has 0 amide bonds. The molecule has 0 fully saturated rings. The van der Waals surface area contributed by atoms with Gasteiger partial charge in [-0.25, -0.2) is 13.1 Å². The van der Waals surface area contributed by atoms with Gasteiger partial charge in [0, 0.05) is 6.54 Å². The van der Waals surface area contributed by atoms with Gasteiger partial charge in [-0.1, -0.05) is 6.08 Å². The maximum absolute atomic E-state index is 10.5. The predicted molar refractivity (Wildman–Crippen MR) is 37.8 cm³/mol. The van der Waals surface area contributed by atoms with Gasteiger partial charge < -0.3 is 0 Å². The lowest BCUT2D eigenvalue weighted by molar-refractivity contribution is 0.590. The van der Waals surface area contributed by atoms with Crippen LogP contribution in [0.1, 0.15) is 0 Å². The second kappa shape index (κ2) is 3.87. The zero-order valence-electron chi connectivity index (χ0n) is 4.80. The van der Waals surface area contributed by atoms with Gasteiger partial charge in [0.05, 0.1) is 0 Å². The maximum Gasteiger partial charge on any atom is 0.225 e. The Kier molecular flexibility index (Phi) is 3.84. The average molecular weight is 170 g/mol. The van der Waals surface area contributed by atoms with Crippen LogP contribution in [0.3, 0.4) is 0 Å². The van der Waals surface area contributed by atoms with E-state index in [0.717, 1.165) is 0 Å². The van der Waals surface area contributed by atoms with E-state index >= 15 is 0 Å². The van der Waals surface area contributed by atoms with Crippen LogP contribution in [0, 0.1) is 0 Å². The fraction of sp³-hybridized carbons (Fsp3) is 0.500. The van der Waals surface area contributed by atoms with Crippen molar-refractivity contribution in [1.29, 1.82) is 0 Å². The van der Waals surface area contributed by atoms with Crippen LogP contribution in [0.4, 0.5) is 0 Å². The third-order valence-electron chi connectivity index (χ3n) is 0.591. The van der Waals surface area contributed by atoms with E-state index < -0.39 is 15.2 Å². The highest BCUT2D eigenvalue weighted by Gasteiger charge is 2.03. The van der Waals surface area contributed by atoms with Gasteiger partial charge in [-0.3, -0.25) is 0 Å². The molecular weight excluding hydrogens is 162 g/mol.